The van der Waals surface area contributed by atoms with Crippen molar-refractivity contribution in [2.45, 2.75) is 51.2 Å². The summed E-state index contributed by atoms with van der Waals surface area (Å²) < 4.78 is 0. The van der Waals surface area contributed by atoms with E-state index in [0.29, 0.717) is 0 Å². The Balaban J connectivity index is 5.26. The molecule has 0 rings (SSSR count). The van der Waals surface area contributed by atoms with Gasteiger partial charge < -0.3 is 37.6 Å². The van der Waals surface area contributed by atoms with Gasteiger partial charge in [-0.1, -0.05) is 13.8 Å². The molecule has 3 atom stereocenters. The highest BCUT2D eigenvalue weighted by atomic mass is 16.4. The van der Waals surface area contributed by atoms with Crippen LogP contribution in [0.4, 0.5) is 0 Å². The number of nitrogens with one attached hydrogen (secondary N) is 3. The van der Waals surface area contributed by atoms with Gasteiger partial charge in [-0.25, -0.2) is 0 Å². The number of carbonyl (C=O) groups excluding carboxylic acids is 4. The topological polar surface area (TPSA) is 231 Å². The van der Waals surface area contributed by atoms with Crippen molar-refractivity contribution in [3.8, 4) is 0 Å². The second-order valence-electron chi connectivity index (χ2n) is 6.61. The van der Waals surface area contributed by atoms with Crippen LogP contribution in [0, 0.1) is 5.92 Å². The zero-order valence-electron chi connectivity index (χ0n) is 16.1. The first-order chi connectivity index (χ1) is 13.3. The summed E-state index contributed by atoms with van der Waals surface area (Å²) in [5.41, 5.74) is 10.5. The minimum absolute atomic E-state index is 0.308. The van der Waals surface area contributed by atoms with Crippen LogP contribution in [0.1, 0.15) is 33.1 Å². The molecular weight excluding hydrogens is 390 g/mol. The zero-order chi connectivity index (χ0) is 22.7. The molecule has 0 heterocycles. The molecule has 0 fully saturated rings. The number of carboxylic acid groups (broad SMARTS) is 2. The third-order valence-corrected chi connectivity index (χ3v) is 3.70. The largest absolute Gasteiger partial charge is 0.481 e. The third-order valence-electron chi connectivity index (χ3n) is 3.70. The van der Waals surface area contributed by atoms with Crippen LogP contribution >= 0.6 is 0 Å². The fourth-order valence-electron chi connectivity index (χ4n) is 2.19. The number of nitrogens with two attached hydrogens (primary N) is 2. The van der Waals surface area contributed by atoms with Crippen molar-refractivity contribution in [3.63, 3.8) is 0 Å². The summed E-state index contributed by atoms with van der Waals surface area (Å²) in [6.45, 7) is 2.54. The van der Waals surface area contributed by atoms with E-state index in [0.717, 1.165) is 0 Å². The van der Waals surface area contributed by atoms with E-state index in [-0.39, 0.29) is 6.42 Å². The molecule has 9 N–H and O–H groups in total. The average molecular weight is 417 g/mol. The van der Waals surface area contributed by atoms with Gasteiger partial charge in [0.2, 0.25) is 23.6 Å². The van der Waals surface area contributed by atoms with Crippen molar-refractivity contribution in [2.75, 3.05) is 6.54 Å². The Kier molecular flexibility index (Phi) is 10.9. The minimum atomic E-state index is -1.36. The second kappa shape index (κ2) is 12.3. The third kappa shape index (κ3) is 10.6. The van der Waals surface area contributed by atoms with E-state index in [1.54, 1.807) is 13.8 Å². The predicted octanol–water partition coefficient (Wildman–Crippen LogP) is -3.12. The molecule has 0 aromatic carbocycles. The van der Waals surface area contributed by atoms with E-state index in [4.69, 9.17) is 21.7 Å². The Bertz CT molecular complexity index is 651. The quantitative estimate of drug-likeness (QED) is 0.160. The van der Waals surface area contributed by atoms with E-state index in [9.17, 15) is 28.8 Å². The Hall–Kier alpha value is -3.22. The smallest absolute Gasteiger partial charge is 0.322 e. The molecule has 0 aliphatic carbocycles. The van der Waals surface area contributed by atoms with Crippen LogP contribution in [0.15, 0.2) is 0 Å². The van der Waals surface area contributed by atoms with Gasteiger partial charge in [-0.2, -0.15) is 0 Å². The summed E-state index contributed by atoms with van der Waals surface area (Å²) in [6, 6.07) is -3.83. The average Bonchev–Trinajstić information content (AvgIpc) is 2.59. The number of aliphatic carboxylic acids is 2. The van der Waals surface area contributed by atoms with Crippen LogP contribution in [0.5, 0.6) is 0 Å². The molecule has 3 unspecified atom stereocenters. The molecule has 0 aromatic rings. The maximum absolute atomic E-state index is 12.5. The standard InChI is InChI=1S/C16H27N5O8/c1-7(2)13(16(29)19-6-12(25)26)21-15(28)9(3-4-11(23)24)20-14(27)8(17)5-10(18)22/h7-9,13H,3-6,17H2,1-2H3,(H2,18,22)(H,19,29)(H,20,27)(H,21,28)(H,23,24)(H,25,26). The van der Waals surface area contributed by atoms with Crippen LogP contribution in [0.2, 0.25) is 0 Å². The minimum Gasteiger partial charge on any atom is -0.481 e. The number of carboxylic acids is 2. The van der Waals surface area contributed by atoms with Crippen molar-refractivity contribution in [3.05, 3.63) is 0 Å². The van der Waals surface area contributed by atoms with Gasteiger partial charge in [-0.15, -0.1) is 0 Å². The summed E-state index contributed by atoms with van der Waals surface area (Å²) in [5, 5.41) is 24.2. The molecule has 13 heteroatoms. The molecule has 0 aromatic heterocycles. The number of hydrogen-bond donors (Lipinski definition) is 7. The van der Waals surface area contributed by atoms with Crippen LogP contribution < -0.4 is 27.4 Å². The van der Waals surface area contributed by atoms with Gasteiger partial charge in [0.15, 0.2) is 0 Å². The van der Waals surface area contributed by atoms with E-state index >= 15 is 0 Å². The summed E-state index contributed by atoms with van der Waals surface area (Å²) in [7, 11) is 0. The van der Waals surface area contributed by atoms with Gasteiger partial charge in [-0.05, 0) is 12.3 Å². The first-order valence-electron chi connectivity index (χ1n) is 8.71. The number of primary amides is 1. The highest BCUT2D eigenvalue weighted by molar-refractivity contribution is 5.95. The van der Waals surface area contributed by atoms with Crippen LogP contribution in [0.3, 0.4) is 0 Å². The molecule has 29 heavy (non-hydrogen) atoms. The molecule has 164 valence electrons. The van der Waals surface area contributed by atoms with E-state index in [2.05, 4.69) is 16.0 Å². The zero-order valence-corrected chi connectivity index (χ0v) is 16.1. The van der Waals surface area contributed by atoms with Gasteiger partial charge in [0.1, 0.15) is 18.6 Å². The lowest BCUT2D eigenvalue weighted by Gasteiger charge is -2.25. The van der Waals surface area contributed by atoms with Crippen LogP contribution in [-0.4, -0.2) is 70.5 Å². The Labute approximate surface area is 166 Å². The second-order valence-corrected chi connectivity index (χ2v) is 6.61. The van der Waals surface area contributed by atoms with E-state index < -0.39 is 79.0 Å². The molecular formula is C16H27N5O8. The lowest BCUT2D eigenvalue weighted by Crippen LogP contribution is -2.57. The highest BCUT2D eigenvalue weighted by Gasteiger charge is 2.30. The monoisotopic (exact) mass is 417 g/mol. The summed E-state index contributed by atoms with van der Waals surface area (Å²) >= 11 is 0. The molecule has 0 aliphatic rings. The van der Waals surface area contributed by atoms with Gasteiger partial charge >= 0.3 is 11.9 Å². The molecule has 4 amide bonds. The maximum atomic E-state index is 12.5. The number of carbonyl (C=O) groups is 6. The Morgan fingerprint density at radius 1 is 0.897 bits per heavy atom. The molecule has 0 spiro atoms. The van der Waals surface area contributed by atoms with E-state index in [1.165, 1.54) is 0 Å². The normalized spacial score (nSPS) is 13.7. The van der Waals surface area contributed by atoms with Gasteiger partial charge in [-0.3, -0.25) is 28.8 Å². The molecule has 0 bridgehead atoms. The van der Waals surface area contributed by atoms with Gasteiger partial charge in [0.25, 0.3) is 0 Å². The molecule has 0 saturated heterocycles. The highest BCUT2D eigenvalue weighted by Crippen LogP contribution is 2.05. The van der Waals surface area contributed by atoms with Crippen LogP contribution in [-0.2, 0) is 28.8 Å². The number of rotatable bonds is 13. The number of hydrogen-bond acceptors (Lipinski definition) is 7. The van der Waals surface area contributed by atoms with Crippen molar-refractivity contribution in [2.24, 2.45) is 17.4 Å². The lowest BCUT2D eigenvalue weighted by molar-refractivity contribution is -0.139. The fraction of sp³-hybridized carbons (Fsp3) is 0.625. The first kappa shape index (κ1) is 25.8. The fourth-order valence-corrected chi connectivity index (χ4v) is 2.19. The van der Waals surface area contributed by atoms with Crippen molar-refractivity contribution < 1.29 is 39.0 Å². The summed E-state index contributed by atoms with van der Waals surface area (Å²) in [6.07, 6.45) is -1.26. The maximum Gasteiger partial charge on any atom is 0.322 e. The predicted molar refractivity (Wildman–Crippen MR) is 98.0 cm³/mol. The first-order valence-corrected chi connectivity index (χ1v) is 8.71. The molecule has 0 radical (unpaired) electrons. The number of amides is 4. The molecule has 13 nitrogen and oxygen atoms in total. The van der Waals surface area contributed by atoms with Crippen molar-refractivity contribution in [1.82, 2.24) is 16.0 Å². The van der Waals surface area contributed by atoms with Gasteiger partial charge in [0, 0.05) is 6.42 Å². The molecule has 0 saturated carbocycles. The van der Waals surface area contributed by atoms with Gasteiger partial charge in [0.05, 0.1) is 12.5 Å². The van der Waals surface area contributed by atoms with E-state index in [1.807, 2.05) is 0 Å². The molecule has 0 aliphatic heterocycles. The summed E-state index contributed by atoms with van der Waals surface area (Å²) in [5.74, 6) is -6.31. The SMILES string of the molecule is CC(C)C(NC(=O)C(CCC(=O)O)NC(=O)C(N)CC(N)=O)C(=O)NCC(=O)O. The van der Waals surface area contributed by atoms with Crippen molar-refractivity contribution >= 4 is 35.6 Å². The summed E-state index contributed by atoms with van der Waals surface area (Å²) in [4.78, 5) is 69.0. The Morgan fingerprint density at radius 2 is 1.48 bits per heavy atom. The Morgan fingerprint density at radius 3 is 1.93 bits per heavy atom. The lowest BCUT2D eigenvalue weighted by atomic mass is 10.0. The van der Waals surface area contributed by atoms with Crippen molar-refractivity contribution in [1.29, 1.82) is 0 Å². The van der Waals surface area contributed by atoms with Crippen LogP contribution in [0.25, 0.3) is 0 Å².